The molecule has 0 spiro atoms. The van der Waals surface area contributed by atoms with E-state index in [1.807, 2.05) is 13.8 Å². The Balaban J connectivity index is 1.48. The van der Waals surface area contributed by atoms with Gasteiger partial charge in [-0.25, -0.2) is 9.97 Å². The largest absolute Gasteiger partial charge is 0.383 e. The van der Waals surface area contributed by atoms with E-state index < -0.39 is 30.3 Å². The standard InChI is InChI=1S/C33H34Cl4N4O6/c1-4-44-27(45-5-2)11-8-19-14-41(31-28(19)30(38)39-18-40-31)32-33(3,42)29(46-16-21-7-10-23(35)13-25(21)37)26(47-32)17-43-15-20-6-9-22(34)12-24(20)36/h6-7,9-10,12-14,18,26-27,29,32,42H,4-5,15-17H2,1-3H3,(H2,38,39,40)/t26-,29-,32-,33-/m1/s1. The third-order valence-corrected chi connectivity index (χ3v) is 8.73. The van der Waals surface area contributed by atoms with Crippen LogP contribution in [0.2, 0.25) is 20.1 Å². The number of hydrogen-bond donors (Lipinski definition) is 2. The number of nitrogen functional groups attached to an aromatic ring is 1. The summed E-state index contributed by atoms with van der Waals surface area (Å²) in [6, 6.07) is 10.3. The number of fused-ring (bicyclic) bond motifs is 1. The van der Waals surface area contributed by atoms with Gasteiger partial charge in [0.2, 0.25) is 6.29 Å². The molecule has 4 aromatic rings. The first-order valence-corrected chi connectivity index (χ1v) is 16.3. The summed E-state index contributed by atoms with van der Waals surface area (Å²) in [4.78, 5) is 8.64. The first-order chi connectivity index (χ1) is 22.5. The van der Waals surface area contributed by atoms with Crippen LogP contribution < -0.4 is 5.73 Å². The summed E-state index contributed by atoms with van der Waals surface area (Å²) < 4.78 is 31.8. The molecule has 1 fully saturated rings. The number of nitrogens with zero attached hydrogens (tertiary/aromatic N) is 3. The summed E-state index contributed by atoms with van der Waals surface area (Å²) in [6.45, 7) is 6.48. The van der Waals surface area contributed by atoms with Crippen LogP contribution in [0.4, 0.5) is 5.82 Å². The van der Waals surface area contributed by atoms with E-state index >= 15 is 0 Å². The van der Waals surface area contributed by atoms with E-state index in [0.29, 0.717) is 55.5 Å². The lowest BCUT2D eigenvalue weighted by molar-refractivity contribution is -0.114. The molecule has 0 amide bonds. The van der Waals surface area contributed by atoms with Crippen LogP contribution in [0.25, 0.3) is 11.0 Å². The van der Waals surface area contributed by atoms with Gasteiger partial charge in [0.05, 0.1) is 30.8 Å². The molecule has 250 valence electrons. The molecule has 0 unspecified atom stereocenters. The Hall–Kier alpha value is -2.66. The van der Waals surface area contributed by atoms with Crippen LogP contribution in [-0.4, -0.2) is 63.6 Å². The first kappa shape index (κ1) is 35.6. The van der Waals surface area contributed by atoms with Crippen LogP contribution in [0.15, 0.2) is 48.9 Å². The molecule has 5 rings (SSSR count). The minimum absolute atomic E-state index is 0.0536. The molecule has 3 heterocycles. The van der Waals surface area contributed by atoms with E-state index in [0.717, 1.165) is 5.56 Å². The highest BCUT2D eigenvalue weighted by Crippen LogP contribution is 2.43. The summed E-state index contributed by atoms with van der Waals surface area (Å²) in [6.07, 6.45) is -0.313. The van der Waals surface area contributed by atoms with Crippen LogP contribution in [0.1, 0.15) is 43.7 Å². The Morgan fingerprint density at radius 1 is 1.00 bits per heavy atom. The molecular formula is C33H34Cl4N4O6. The molecule has 14 heteroatoms. The molecule has 2 aromatic heterocycles. The fourth-order valence-corrected chi connectivity index (χ4v) is 6.26. The van der Waals surface area contributed by atoms with Crippen molar-refractivity contribution in [3.05, 3.63) is 85.7 Å². The van der Waals surface area contributed by atoms with Crippen molar-refractivity contribution in [3.8, 4) is 11.8 Å². The highest BCUT2D eigenvalue weighted by Gasteiger charge is 2.55. The van der Waals surface area contributed by atoms with Crippen molar-refractivity contribution in [2.24, 2.45) is 0 Å². The van der Waals surface area contributed by atoms with Gasteiger partial charge in [0.1, 0.15) is 35.6 Å². The number of hydrogen-bond acceptors (Lipinski definition) is 9. The number of anilines is 1. The molecule has 1 saturated heterocycles. The quantitative estimate of drug-likeness (QED) is 0.120. The second kappa shape index (κ2) is 15.7. The van der Waals surface area contributed by atoms with Gasteiger partial charge in [0, 0.05) is 39.5 Å². The zero-order chi connectivity index (χ0) is 33.7. The highest BCUT2D eigenvalue weighted by atomic mass is 35.5. The predicted molar refractivity (Wildman–Crippen MR) is 182 cm³/mol. The van der Waals surface area contributed by atoms with Gasteiger partial charge in [-0.3, -0.25) is 0 Å². The Morgan fingerprint density at radius 2 is 1.64 bits per heavy atom. The third kappa shape index (κ3) is 8.15. The number of halogens is 4. The minimum atomic E-state index is -1.61. The van der Waals surface area contributed by atoms with Crippen LogP contribution >= 0.6 is 46.4 Å². The van der Waals surface area contributed by atoms with Crippen molar-refractivity contribution < 1.29 is 28.8 Å². The molecule has 4 atom stereocenters. The zero-order valence-electron chi connectivity index (χ0n) is 25.9. The fourth-order valence-electron chi connectivity index (χ4n) is 5.34. The third-order valence-electron chi connectivity index (χ3n) is 7.56. The smallest absolute Gasteiger partial charge is 0.222 e. The maximum Gasteiger partial charge on any atom is 0.222 e. The molecule has 2 aromatic carbocycles. The molecule has 1 aliphatic heterocycles. The predicted octanol–water partition coefficient (Wildman–Crippen LogP) is 6.83. The van der Waals surface area contributed by atoms with Gasteiger partial charge in [0.25, 0.3) is 0 Å². The number of aliphatic hydroxyl groups is 1. The summed E-state index contributed by atoms with van der Waals surface area (Å²) in [7, 11) is 0. The molecule has 0 aliphatic carbocycles. The lowest BCUT2D eigenvalue weighted by Crippen LogP contribution is -2.46. The highest BCUT2D eigenvalue weighted by molar-refractivity contribution is 6.35. The van der Waals surface area contributed by atoms with Crippen molar-refractivity contribution >= 4 is 63.3 Å². The van der Waals surface area contributed by atoms with Crippen molar-refractivity contribution in [1.29, 1.82) is 0 Å². The lowest BCUT2D eigenvalue weighted by Gasteiger charge is -2.30. The molecular weight excluding hydrogens is 690 g/mol. The Morgan fingerprint density at radius 3 is 2.26 bits per heavy atom. The number of rotatable bonds is 12. The lowest BCUT2D eigenvalue weighted by atomic mass is 9.96. The second-order valence-corrected chi connectivity index (χ2v) is 12.6. The Kier molecular flexibility index (Phi) is 11.9. The van der Waals surface area contributed by atoms with Crippen molar-refractivity contribution in [1.82, 2.24) is 14.5 Å². The molecule has 0 radical (unpaired) electrons. The van der Waals surface area contributed by atoms with E-state index in [-0.39, 0.29) is 25.6 Å². The number of ether oxygens (including phenoxy) is 5. The fraction of sp³-hybridized carbons (Fsp3) is 0.394. The van der Waals surface area contributed by atoms with Gasteiger partial charge >= 0.3 is 0 Å². The van der Waals surface area contributed by atoms with Gasteiger partial charge < -0.3 is 39.1 Å². The first-order valence-electron chi connectivity index (χ1n) is 14.8. The van der Waals surface area contributed by atoms with Gasteiger partial charge in [0.15, 0.2) is 6.23 Å². The Labute approximate surface area is 292 Å². The van der Waals surface area contributed by atoms with Gasteiger partial charge in [-0.05, 0) is 62.1 Å². The number of nitrogens with two attached hydrogens (primary N) is 1. The van der Waals surface area contributed by atoms with Gasteiger partial charge in [-0.15, -0.1) is 0 Å². The minimum Gasteiger partial charge on any atom is -0.383 e. The summed E-state index contributed by atoms with van der Waals surface area (Å²) in [5, 5.41) is 14.6. The SMILES string of the molecule is CCOC(C#Cc1cn([C@@H]2O[C@H](COCc3ccc(Cl)cc3Cl)[C@@H](OCc3ccc(Cl)cc3Cl)[C@@]2(C)O)c2ncnc(N)c12)OCC. The topological polar surface area (TPSA) is 123 Å². The maximum absolute atomic E-state index is 12.1. The van der Waals surface area contributed by atoms with E-state index in [2.05, 4.69) is 21.8 Å². The van der Waals surface area contributed by atoms with E-state index in [1.165, 1.54) is 6.33 Å². The summed E-state index contributed by atoms with van der Waals surface area (Å²) in [5.74, 6) is 6.29. The average Bonchev–Trinajstić information content (AvgIpc) is 3.51. The van der Waals surface area contributed by atoms with Gasteiger partial charge in [-0.1, -0.05) is 64.5 Å². The molecule has 0 saturated carbocycles. The van der Waals surface area contributed by atoms with Crippen LogP contribution in [0.5, 0.6) is 0 Å². The molecule has 3 N–H and O–H groups in total. The molecule has 0 bridgehead atoms. The number of aromatic nitrogens is 3. The van der Waals surface area contributed by atoms with Gasteiger partial charge in [-0.2, -0.15) is 0 Å². The van der Waals surface area contributed by atoms with Crippen LogP contribution in [-0.2, 0) is 36.9 Å². The normalized spacial score (nSPS) is 21.0. The number of benzene rings is 2. The monoisotopic (exact) mass is 722 g/mol. The second-order valence-electron chi connectivity index (χ2n) is 10.9. The van der Waals surface area contributed by atoms with Crippen molar-refractivity contribution in [2.75, 3.05) is 25.6 Å². The average molecular weight is 724 g/mol. The van der Waals surface area contributed by atoms with Crippen LogP contribution in [0.3, 0.4) is 0 Å². The van der Waals surface area contributed by atoms with E-state index in [1.54, 1.807) is 54.1 Å². The zero-order valence-corrected chi connectivity index (χ0v) is 28.9. The Bertz CT molecular complexity index is 1770. The molecule has 47 heavy (non-hydrogen) atoms. The van der Waals surface area contributed by atoms with Crippen molar-refractivity contribution in [2.45, 2.75) is 64.3 Å². The summed E-state index contributed by atoms with van der Waals surface area (Å²) >= 11 is 24.9. The van der Waals surface area contributed by atoms with Crippen LogP contribution in [0, 0.1) is 11.8 Å². The molecule has 10 nitrogen and oxygen atoms in total. The van der Waals surface area contributed by atoms with Crippen molar-refractivity contribution in [3.63, 3.8) is 0 Å². The van der Waals surface area contributed by atoms with E-state index in [4.69, 9.17) is 75.8 Å². The summed E-state index contributed by atoms with van der Waals surface area (Å²) in [5.41, 5.74) is 7.04. The molecule has 1 aliphatic rings. The van der Waals surface area contributed by atoms with E-state index in [9.17, 15) is 5.11 Å². The maximum atomic E-state index is 12.1.